The molecular weight excluding hydrogens is 448 g/mol. The van der Waals surface area contributed by atoms with E-state index in [4.69, 9.17) is 9.15 Å². The number of esters is 1. The fourth-order valence-electron chi connectivity index (χ4n) is 2.88. The molecule has 7 heteroatoms. The first-order valence-electron chi connectivity index (χ1n) is 8.99. The summed E-state index contributed by atoms with van der Waals surface area (Å²) in [7, 11) is 0. The van der Waals surface area contributed by atoms with E-state index in [1.54, 1.807) is 36.4 Å². The zero-order chi connectivity index (χ0) is 20.9. The van der Waals surface area contributed by atoms with Gasteiger partial charge in [-0.05, 0) is 57.0 Å². The van der Waals surface area contributed by atoms with Gasteiger partial charge in [0.05, 0.1) is 11.8 Å². The summed E-state index contributed by atoms with van der Waals surface area (Å²) in [6, 6.07) is 23.0. The predicted molar refractivity (Wildman–Crippen MR) is 117 cm³/mol. The van der Waals surface area contributed by atoms with E-state index in [9.17, 15) is 9.59 Å². The largest absolute Gasteiger partial charge is 0.444 e. The van der Waals surface area contributed by atoms with Crippen molar-refractivity contribution in [3.63, 3.8) is 0 Å². The van der Waals surface area contributed by atoms with Crippen LogP contribution >= 0.6 is 15.9 Å². The Balaban J connectivity index is 1.63. The summed E-state index contributed by atoms with van der Waals surface area (Å²) < 4.78 is 11.3. The third-order valence-corrected chi connectivity index (χ3v) is 4.73. The van der Waals surface area contributed by atoms with Crippen LogP contribution in [0.25, 0.3) is 10.8 Å². The van der Waals surface area contributed by atoms with Crippen LogP contribution in [0, 0.1) is 0 Å². The summed E-state index contributed by atoms with van der Waals surface area (Å²) in [4.78, 5) is 24.7. The maximum absolute atomic E-state index is 12.5. The van der Waals surface area contributed by atoms with Gasteiger partial charge in [-0.3, -0.25) is 4.79 Å². The van der Waals surface area contributed by atoms with Crippen LogP contribution in [-0.4, -0.2) is 18.1 Å². The third-order valence-electron chi connectivity index (χ3n) is 4.30. The molecule has 0 aliphatic rings. The molecule has 3 aromatic carbocycles. The van der Waals surface area contributed by atoms with Crippen molar-refractivity contribution in [2.24, 2.45) is 5.10 Å². The van der Waals surface area contributed by atoms with Crippen molar-refractivity contribution in [3.05, 3.63) is 100 Å². The number of carbonyl (C=O) groups excluding carboxylic acids is 2. The predicted octanol–water partition coefficient (Wildman–Crippen LogP) is 5.18. The first-order valence-corrected chi connectivity index (χ1v) is 9.79. The average Bonchev–Trinajstić information content (AvgIpc) is 3.22. The van der Waals surface area contributed by atoms with Crippen molar-refractivity contribution >= 4 is 44.8 Å². The van der Waals surface area contributed by atoms with Gasteiger partial charge in [-0.2, -0.15) is 5.10 Å². The van der Waals surface area contributed by atoms with Crippen molar-refractivity contribution < 1.29 is 18.7 Å². The van der Waals surface area contributed by atoms with Gasteiger partial charge in [0.25, 0.3) is 0 Å². The highest BCUT2D eigenvalue weighted by Gasteiger charge is 2.14. The molecule has 0 saturated heterocycles. The Morgan fingerprint density at radius 3 is 2.47 bits per heavy atom. The number of benzene rings is 3. The Labute approximate surface area is 180 Å². The second-order valence-corrected chi connectivity index (χ2v) is 7.04. The molecular formula is C23H15BrN2O4. The van der Waals surface area contributed by atoms with Crippen LogP contribution in [0.1, 0.15) is 26.5 Å². The molecule has 0 saturated carbocycles. The number of halogens is 1. The Hall–Kier alpha value is -3.71. The van der Waals surface area contributed by atoms with Crippen molar-refractivity contribution in [1.29, 1.82) is 0 Å². The Bertz CT molecular complexity index is 1250. The van der Waals surface area contributed by atoms with Crippen LogP contribution < -0.4 is 10.2 Å². The van der Waals surface area contributed by atoms with Gasteiger partial charge in [0.1, 0.15) is 5.75 Å². The molecule has 0 fully saturated rings. The average molecular weight is 463 g/mol. The van der Waals surface area contributed by atoms with Crippen LogP contribution in [0.3, 0.4) is 0 Å². The highest BCUT2D eigenvalue weighted by Crippen LogP contribution is 2.27. The lowest BCUT2D eigenvalue weighted by atomic mass is 10.0. The van der Waals surface area contributed by atoms with E-state index in [2.05, 4.69) is 26.5 Å². The lowest BCUT2D eigenvalue weighted by Crippen LogP contribution is -2.17. The molecule has 0 aliphatic heterocycles. The Kier molecular flexibility index (Phi) is 5.72. The number of amides is 1. The van der Waals surface area contributed by atoms with E-state index in [1.165, 1.54) is 12.3 Å². The number of ether oxygens (including phenoxy) is 1. The van der Waals surface area contributed by atoms with E-state index in [0.717, 1.165) is 10.8 Å². The molecule has 148 valence electrons. The number of nitrogens with zero attached hydrogens (tertiary/aromatic N) is 1. The molecule has 0 unspecified atom stereocenters. The Morgan fingerprint density at radius 2 is 1.70 bits per heavy atom. The van der Waals surface area contributed by atoms with Crippen LogP contribution in [0.2, 0.25) is 0 Å². The normalized spacial score (nSPS) is 11.0. The first-order chi connectivity index (χ1) is 14.6. The minimum atomic E-state index is -0.500. The van der Waals surface area contributed by atoms with Gasteiger partial charge in [-0.15, -0.1) is 0 Å². The minimum Gasteiger partial charge on any atom is -0.444 e. The van der Waals surface area contributed by atoms with Crippen molar-refractivity contribution in [2.45, 2.75) is 0 Å². The smallest absolute Gasteiger partial charge is 0.343 e. The van der Waals surface area contributed by atoms with Crippen LogP contribution in [-0.2, 0) is 0 Å². The number of hydrogen-bond acceptors (Lipinski definition) is 5. The zero-order valence-corrected chi connectivity index (χ0v) is 17.1. The zero-order valence-electron chi connectivity index (χ0n) is 15.5. The molecule has 1 N–H and O–H groups in total. The van der Waals surface area contributed by atoms with E-state index in [0.29, 0.717) is 21.5 Å². The van der Waals surface area contributed by atoms with Gasteiger partial charge >= 0.3 is 11.9 Å². The van der Waals surface area contributed by atoms with Gasteiger partial charge < -0.3 is 9.15 Å². The number of fused-ring (bicyclic) bond motifs is 1. The summed E-state index contributed by atoms with van der Waals surface area (Å²) in [6.07, 6.45) is 1.45. The highest BCUT2D eigenvalue weighted by atomic mass is 79.9. The van der Waals surface area contributed by atoms with Gasteiger partial charge in [0.2, 0.25) is 0 Å². The number of furan rings is 1. The fraction of sp³-hybridized carbons (Fsp3) is 0. The van der Waals surface area contributed by atoms with Gasteiger partial charge in [0.15, 0.2) is 10.4 Å². The molecule has 30 heavy (non-hydrogen) atoms. The summed E-state index contributed by atoms with van der Waals surface area (Å²) in [5.74, 6) is -0.529. The van der Waals surface area contributed by atoms with Crippen molar-refractivity contribution in [3.8, 4) is 5.75 Å². The molecule has 1 aromatic heterocycles. The summed E-state index contributed by atoms with van der Waals surface area (Å²) >= 11 is 3.15. The second kappa shape index (κ2) is 8.75. The monoisotopic (exact) mass is 462 g/mol. The maximum Gasteiger partial charge on any atom is 0.343 e. The van der Waals surface area contributed by atoms with Crippen LogP contribution in [0.4, 0.5) is 0 Å². The highest BCUT2D eigenvalue weighted by molar-refractivity contribution is 9.10. The number of hydrazone groups is 1. The SMILES string of the molecule is O=C(Oc1ccc2ccccc2c1C=NNC(=O)c1ccc(Br)o1)c1ccccc1. The number of rotatable bonds is 5. The number of nitrogens with one attached hydrogen (secondary N) is 1. The second-order valence-electron chi connectivity index (χ2n) is 6.26. The standard InChI is InChI=1S/C23H15BrN2O4/c24-21-13-12-20(29-21)22(27)26-25-14-18-17-9-5-4-6-15(17)10-11-19(18)30-23(28)16-7-2-1-3-8-16/h1-14H,(H,26,27). The Morgan fingerprint density at radius 1 is 0.933 bits per heavy atom. The minimum absolute atomic E-state index is 0.118. The summed E-state index contributed by atoms with van der Waals surface area (Å²) in [6.45, 7) is 0. The molecule has 0 radical (unpaired) electrons. The van der Waals surface area contributed by atoms with E-state index >= 15 is 0 Å². The summed E-state index contributed by atoms with van der Waals surface area (Å²) in [5.41, 5.74) is 3.42. The lowest BCUT2D eigenvalue weighted by Gasteiger charge is -2.10. The number of carbonyl (C=O) groups is 2. The third kappa shape index (κ3) is 4.31. The first kappa shape index (κ1) is 19.6. The van der Waals surface area contributed by atoms with Gasteiger partial charge in [-0.1, -0.05) is 48.5 Å². The molecule has 0 bridgehead atoms. The molecule has 4 aromatic rings. The van der Waals surface area contributed by atoms with Crippen LogP contribution in [0.15, 0.2) is 93.1 Å². The van der Waals surface area contributed by atoms with E-state index in [-0.39, 0.29) is 5.76 Å². The number of hydrogen-bond donors (Lipinski definition) is 1. The molecule has 6 nitrogen and oxygen atoms in total. The van der Waals surface area contributed by atoms with Gasteiger partial charge in [0, 0.05) is 5.56 Å². The van der Waals surface area contributed by atoms with E-state index in [1.807, 2.05) is 36.4 Å². The molecule has 1 heterocycles. The van der Waals surface area contributed by atoms with Gasteiger partial charge in [-0.25, -0.2) is 10.2 Å². The van der Waals surface area contributed by atoms with Crippen molar-refractivity contribution in [2.75, 3.05) is 0 Å². The molecule has 0 aliphatic carbocycles. The molecule has 4 rings (SSSR count). The topological polar surface area (TPSA) is 80.9 Å². The quantitative estimate of drug-likeness (QED) is 0.192. The summed E-state index contributed by atoms with van der Waals surface area (Å²) in [5, 5.41) is 5.80. The molecule has 0 spiro atoms. The fourth-order valence-corrected chi connectivity index (χ4v) is 3.18. The van der Waals surface area contributed by atoms with E-state index < -0.39 is 11.9 Å². The maximum atomic E-state index is 12.5. The molecule has 0 atom stereocenters. The lowest BCUT2D eigenvalue weighted by molar-refractivity contribution is 0.0734. The van der Waals surface area contributed by atoms with Crippen molar-refractivity contribution in [1.82, 2.24) is 5.43 Å². The van der Waals surface area contributed by atoms with Crippen LogP contribution in [0.5, 0.6) is 5.75 Å². The molecule has 1 amide bonds.